The van der Waals surface area contributed by atoms with Crippen molar-refractivity contribution in [2.45, 2.75) is 45.9 Å². The Kier molecular flexibility index (Phi) is 5.23. The molecule has 1 unspecified atom stereocenters. The van der Waals surface area contributed by atoms with Gasteiger partial charge in [0, 0.05) is 12.2 Å². The van der Waals surface area contributed by atoms with Gasteiger partial charge in [0.1, 0.15) is 11.5 Å². The van der Waals surface area contributed by atoms with Gasteiger partial charge >= 0.3 is 0 Å². The minimum Gasteiger partial charge on any atom is -0.465 e. The summed E-state index contributed by atoms with van der Waals surface area (Å²) < 4.78 is 16.8. The quantitative estimate of drug-likeness (QED) is 0.758. The molecule has 1 aliphatic heterocycles. The lowest BCUT2D eigenvalue weighted by Crippen LogP contribution is -2.13. The third kappa shape index (κ3) is 3.83. The summed E-state index contributed by atoms with van der Waals surface area (Å²) in [6.45, 7) is 8.13. The van der Waals surface area contributed by atoms with E-state index in [-0.39, 0.29) is 6.10 Å². The summed E-state index contributed by atoms with van der Waals surface area (Å²) in [7, 11) is 0. The molecule has 1 saturated heterocycles. The molecule has 2 rings (SSSR count). The second-order valence-corrected chi connectivity index (χ2v) is 4.77. The SMILES string of the molecule is CCCNCc1cc(COC2CCOC2)c(C)o1. The highest BCUT2D eigenvalue weighted by Crippen LogP contribution is 2.18. The van der Waals surface area contributed by atoms with Gasteiger partial charge in [-0.25, -0.2) is 0 Å². The van der Waals surface area contributed by atoms with E-state index < -0.39 is 0 Å². The highest BCUT2D eigenvalue weighted by molar-refractivity contribution is 5.20. The molecular weight excluding hydrogens is 230 g/mol. The highest BCUT2D eigenvalue weighted by atomic mass is 16.5. The lowest BCUT2D eigenvalue weighted by molar-refractivity contribution is 0.0312. The van der Waals surface area contributed by atoms with Crippen LogP contribution in [0.15, 0.2) is 10.5 Å². The number of aryl methyl sites for hydroxylation is 1. The zero-order valence-corrected chi connectivity index (χ0v) is 11.3. The van der Waals surface area contributed by atoms with Gasteiger partial charge in [0.2, 0.25) is 0 Å². The molecule has 0 saturated carbocycles. The van der Waals surface area contributed by atoms with Crippen molar-refractivity contribution in [3.05, 3.63) is 23.2 Å². The van der Waals surface area contributed by atoms with E-state index in [4.69, 9.17) is 13.9 Å². The average Bonchev–Trinajstić information content (AvgIpc) is 2.97. The Hall–Kier alpha value is -0.840. The van der Waals surface area contributed by atoms with E-state index in [2.05, 4.69) is 18.3 Å². The van der Waals surface area contributed by atoms with Crippen molar-refractivity contribution in [2.75, 3.05) is 19.8 Å². The maximum absolute atomic E-state index is 5.80. The molecule has 0 radical (unpaired) electrons. The molecule has 1 atom stereocenters. The molecule has 0 aliphatic carbocycles. The third-order valence-corrected chi connectivity index (χ3v) is 3.16. The predicted molar refractivity (Wildman–Crippen MR) is 69.5 cm³/mol. The first-order chi connectivity index (χ1) is 8.79. The van der Waals surface area contributed by atoms with Crippen molar-refractivity contribution in [1.82, 2.24) is 5.32 Å². The molecular formula is C14H23NO3. The molecule has 1 aliphatic rings. The van der Waals surface area contributed by atoms with Crippen molar-refractivity contribution in [3.63, 3.8) is 0 Å². The summed E-state index contributed by atoms with van der Waals surface area (Å²) in [6, 6.07) is 2.09. The van der Waals surface area contributed by atoms with Crippen molar-refractivity contribution < 1.29 is 13.9 Å². The number of nitrogens with one attached hydrogen (secondary N) is 1. The first kappa shape index (κ1) is 13.6. The molecule has 0 bridgehead atoms. The van der Waals surface area contributed by atoms with Crippen LogP contribution in [0.1, 0.15) is 36.8 Å². The molecule has 1 fully saturated rings. The number of hydrogen-bond acceptors (Lipinski definition) is 4. The zero-order chi connectivity index (χ0) is 12.8. The second kappa shape index (κ2) is 6.92. The third-order valence-electron chi connectivity index (χ3n) is 3.16. The summed E-state index contributed by atoms with van der Waals surface area (Å²) in [4.78, 5) is 0. The molecule has 2 heterocycles. The Bertz CT molecular complexity index is 356. The van der Waals surface area contributed by atoms with Crippen LogP contribution < -0.4 is 5.32 Å². The van der Waals surface area contributed by atoms with Gasteiger partial charge in [-0.3, -0.25) is 0 Å². The first-order valence-corrected chi connectivity index (χ1v) is 6.78. The Labute approximate surface area is 109 Å². The summed E-state index contributed by atoms with van der Waals surface area (Å²) in [5.41, 5.74) is 1.15. The molecule has 1 aromatic rings. The van der Waals surface area contributed by atoms with Crippen LogP contribution in [-0.2, 0) is 22.6 Å². The Morgan fingerprint density at radius 2 is 2.39 bits per heavy atom. The van der Waals surface area contributed by atoms with Gasteiger partial charge in [-0.2, -0.15) is 0 Å². The lowest BCUT2D eigenvalue weighted by atomic mass is 10.2. The van der Waals surface area contributed by atoms with Crippen LogP contribution in [0, 0.1) is 6.92 Å². The Morgan fingerprint density at radius 1 is 1.50 bits per heavy atom. The topological polar surface area (TPSA) is 43.6 Å². The standard InChI is InChI=1S/C14H23NO3/c1-3-5-15-8-14-7-12(11(2)18-14)9-17-13-4-6-16-10-13/h7,13,15H,3-6,8-10H2,1-2H3. The molecule has 1 N–H and O–H groups in total. The number of hydrogen-bond donors (Lipinski definition) is 1. The predicted octanol–water partition coefficient (Wildman–Crippen LogP) is 2.39. The van der Waals surface area contributed by atoms with Crippen molar-refractivity contribution in [3.8, 4) is 0 Å². The summed E-state index contributed by atoms with van der Waals surface area (Å²) in [6.07, 6.45) is 2.39. The lowest BCUT2D eigenvalue weighted by Gasteiger charge is -2.08. The van der Waals surface area contributed by atoms with Crippen molar-refractivity contribution >= 4 is 0 Å². The smallest absolute Gasteiger partial charge is 0.118 e. The minimum absolute atomic E-state index is 0.251. The average molecular weight is 253 g/mol. The van der Waals surface area contributed by atoms with E-state index in [1.54, 1.807) is 0 Å². The van der Waals surface area contributed by atoms with Gasteiger partial charge in [-0.15, -0.1) is 0 Å². The van der Waals surface area contributed by atoms with E-state index in [9.17, 15) is 0 Å². The fourth-order valence-electron chi connectivity index (χ4n) is 2.06. The number of ether oxygens (including phenoxy) is 2. The molecule has 18 heavy (non-hydrogen) atoms. The van der Waals surface area contributed by atoms with Gasteiger partial charge in [0.25, 0.3) is 0 Å². The zero-order valence-electron chi connectivity index (χ0n) is 11.3. The normalized spacial score (nSPS) is 19.6. The molecule has 102 valence electrons. The fourth-order valence-corrected chi connectivity index (χ4v) is 2.06. The first-order valence-electron chi connectivity index (χ1n) is 6.78. The number of rotatable bonds is 7. The van der Waals surface area contributed by atoms with Crippen LogP contribution in [-0.4, -0.2) is 25.9 Å². The van der Waals surface area contributed by atoms with E-state index in [0.717, 1.165) is 56.2 Å². The molecule has 0 aromatic carbocycles. The van der Waals surface area contributed by atoms with Crippen LogP contribution >= 0.6 is 0 Å². The summed E-state index contributed by atoms with van der Waals surface area (Å²) >= 11 is 0. The van der Waals surface area contributed by atoms with Crippen LogP contribution in [0.2, 0.25) is 0 Å². The monoisotopic (exact) mass is 253 g/mol. The van der Waals surface area contributed by atoms with Gasteiger partial charge in [0.05, 0.1) is 25.9 Å². The van der Waals surface area contributed by atoms with Gasteiger partial charge in [-0.1, -0.05) is 6.92 Å². The van der Waals surface area contributed by atoms with Crippen molar-refractivity contribution in [2.24, 2.45) is 0 Å². The van der Waals surface area contributed by atoms with Crippen LogP contribution in [0.25, 0.3) is 0 Å². The van der Waals surface area contributed by atoms with Crippen LogP contribution in [0.4, 0.5) is 0 Å². The fraction of sp³-hybridized carbons (Fsp3) is 0.714. The Balaban J connectivity index is 1.80. The van der Waals surface area contributed by atoms with Gasteiger partial charge < -0.3 is 19.2 Å². The Morgan fingerprint density at radius 3 is 3.11 bits per heavy atom. The summed E-state index contributed by atoms with van der Waals surface area (Å²) in [5, 5.41) is 3.33. The summed E-state index contributed by atoms with van der Waals surface area (Å²) in [5.74, 6) is 1.95. The van der Waals surface area contributed by atoms with Crippen LogP contribution in [0.5, 0.6) is 0 Å². The van der Waals surface area contributed by atoms with E-state index in [1.165, 1.54) is 0 Å². The molecule has 1 aromatic heterocycles. The largest absolute Gasteiger partial charge is 0.465 e. The molecule has 0 amide bonds. The molecule has 4 heteroatoms. The van der Waals surface area contributed by atoms with Gasteiger partial charge in [0.15, 0.2) is 0 Å². The molecule has 0 spiro atoms. The number of furan rings is 1. The van der Waals surface area contributed by atoms with Crippen LogP contribution in [0.3, 0.4) is 0 Å². The van der Waals surface area contributed by atoms with E-state index >= 15 is 0 Å². The maximum Gasteiger partial charge on any atom is 0.118 e. The molecule has 4 nitrogen and oxygen atoms in total. The maximum atomic E-state index is 5.80. The van der Waals surface area contributed by atoms with Gasteiger partial charge in [-0.05, 0) is 32.4 Å². The van der Waals surface area contributed by atoms with E-state index in [0.29, 0.717) is 6.61 Å². The van der Waals surface area contributed by atoms with E-state index in [1.807, 2.05) is 6.92 Å². The minimum atomic E-state index is 0.251. The van der Waals surface area contributed by atoms with Crippen molar-refractivity contribution in [1.29, 1.82) is 0 Å². The highest BCUT2D eigenvalue weighted by Gasteiger charge is 2.17. The second-order valence-electron chi connectivity index (χ2n) is 4.77.